The first-order valence-electron chi connectivity index (χ1n) is 7.13. The zero-order valence-electron chi connectivity index (χ0n) is 12.5. The average Bonchev–Trinajstić information content (AvgIpc) is 2.49. The molecule has 0 aliphatic heterocycles. The smallest absolute Gasteiger partial charge is 0.170 e. The molecule has 0 N–H and O–H groups in total. The number of carbonyl (C=O) groups excluding carboxylic acids is 1. The van der Waals surface area contributed by atoms with Crippen molar-refractivity contribution < 1.29 is 9.18 Å². The average molecular weight is 294 g/mol. The van der Waals surface area contributed by atoms with Gasteiger partial charge in [-0.2, -0.15) is 0 Å². The van der Waals surface area contributed by atoms with Gasteiger partial charge >= 0.3 is 0 Å². The summed E-state index contributed by atoms with van der Waals surface area (Å²) in [6.07, 6.45) is 4.19. The van der Waals surface area contributed by atoms with Crippen LogP contribution in [0.1, 0.15) is 47.6 Å². The third-order valence-electron chi connectivity index (χ3n) is 3.86. The molecule has 3 rings (SSSR count). The molecule has 0 spiro atoms. The van der Waals surface area contributed by atoms with Gasteiger partial charge in [-0.05, 0) is 37.0 Å². The van der Waals surface area contributed by atoms with Crippen LogP contribution in [0.15, 0.2) is 30.6 Å². The summed E-state index contributed by atoms with van der Waals surface area (Å²) in [5, 5.41) is 0. The van der Waals surface area contributed by atoms with E-state index in [-0.39, 0.29) is 11.2 Å². The van der Waals surface area contributed by atoms with Crippen LogP contribution in [0.5, 0.6) is 0 Å². The number of ketones is 1. The Hall–Kier alpha value is -2.54. The fourth-order valence-corrected chi connectivity index (χ4v) is 2.49. The van der Waals surface area contributed by atoms with Crippen LogP contribution >= 0.6 is 0 Å². The van der Waals surface area contributed by atoms with Crippen molar-refractivity contribution >= 4 is 5.78 Å². The maximum absolute atomic E-state index is 13.1. The fourth-order valence-electron chi connectivity index (χ4n) is 2.49. The molecule has 0 saturated heterocycles. The summed E-state index contributed by atoms with van der Waals surface area (Å²) in [5.74, 6) is 5.45. The Bertz CT molecular complexity index is 815. The molecule has 3 nitrogen and oxygen atoms in total. The van der Waals surface area contributed by atoms with E-state index in [9.17, 15) is 9.18 Å². The summed E-state index contributed by atoms with van der Waals surface area (Å²) >= 11 is 0. The van der Waals surface area contributed by atoms with Crippen LogP contribution in [0.25, 0.3) is 0 Å². The molecule has 2 heterocycles. The second-order valence-corrected chi connectivity index (χ2v) is 6.05. The van der Waals surface area contributed by atoms with Crippen LogP contribution in [0.3, 0.4) is 0 Å². The minimum Gasteiger partial charge on any atom is -0.294 e. The molecule has 110 valence electrons. The van der Waals surface area contributed by atoms with Crippen molar-refractivity contribution in [3.8, 4) is 11.8 Å². The number of pyridine rings is 2. The second kappa shape index (κ2) is 5.34. The van der Waals surface area contributed by atoms with Crippen LogP contribution in [-0.4, -0.2) is 15.8 Å². The van der Waals surface area contributed by atoms with Gasteiger partial charge in [0.05, 0.1) is 11.9 Å². The molecule has 0 bridgehead atoms. The van der Waals surface area contributed by atoms with E-state index in [0.29, 0.717) is 16.8 Å². The zero-order chi connectivity index (χ0) is 15.7. The number of carbonyl (C=O) groups is 1. The molecule has 0 fully saturated rings. The molecule has 0 unspecified atom stereocenters. The van der Waals surface area contributed by atoms with Crippen molar-refractivity contribution in [2.24, 2.45) is 5.41 Å². The number of aromatic nitrogens is 2. The molecule has 4 heteroatoms. The standard InChI is InChI=1S/C18H15FN2O/c1-18(2)8-7-16-15(17(18)22)6-5-14(21-16)4-3-12-9-13(19)11-20-10-12/h5-6,9-11H,7-8H2,1-2H3. The van der Waals surface area contributed by atoms with Crippen molar-refractivity contribution in [1.29, 1.82) is 0 Å². The maximum atomic E-state index is 13.1. The van der Waals surface area contributed by atoms with Gasteiger partial charge in [0.25, 0.3) is 0 Å². The Labute approximate surface area is 128 Å². The molecule has 0 amide bonds. The minimum atomic E-state index is -0.418. The quantitative estimate of drug-likeness (QED) is 0.701. The lowest BCUT2D eigenvalue weighted by molar-refractivity contribution is 0.0809. The van der Waals surface area contributed by atoms with Crippen molar-refractivity contribution in [1.82, 2.24) is 9.97 Å². The van der Waals surface area contributed by atoms with Gasteiger partial charge in [0, 0.05) is 22.7 Å². The molecule has 0 aromatic carbocycles. The van der Waals surface area contributed by atoms with E-state index in [1.165, 1.54) is 12.3 Å². The lowest BCUT2D eigenvalue weighted by Crippen LogP contribution is -2.31. The third kappa shape index (κ3) is 2.75. The molecule has 1 aliphatic carbocycles. The van der Waals surface area contributed by atoms with E-state index in [2.05, 4.69) is 21.8 Å². The van der Waals surface area contributed by atoms with Crippen molar-refractivity contribution in [2.45, 2.75) is 26.7 Å². The van der Waals surface area contributed by atoms with Gasteiger partial charge < -0.3 is 0 Å². The van der Waals surface area contributed by atoms with Crippen LogP contribution in [0, 0.1) is 23.1 Å². The summed E-state index contributed by atoms with van der Waals surface area (Å²) in [7, 11) is 0. The Kier molecular flexibility index (Phi) is 3.50. The SMILES string of the molecule is CC1(C)CCc2nc(C#Cc3cncc(F)c3)ccc2C1=O. The van der Waals surface area contributed by atoms with Crippen molar-refractivity contribution in [3.05, 3.63) is 58.9 Å². The summed E-state index contributed by atoms with van der Waals surface area (Å²) in [6, 6.07) is 4.85. The Morgan fingerprint density at radius 1 is 1.23 bits per heavy atom. The van der Waals surface area contributed by atoms with Gasteiger partial charge in [-0.15, -0.1) is 0 Å². The molecular weight excluding hydrogens is 279 g/mol. The predicted octanol–water partition coefficient (Wildman–Crippen LogP) is 3.17. The first-order chi connectivity index (χ1) is 10.5. The lowest BCUT2D eigenvalue weighted by Gasteiger charge is -2.28. The first kappa shape index (κ1) is 14.4. The molecule has 2 aromatic heterocycles. The highest BCUT2D eigenvalue weighted by Gasteiger charge is 2.34. The van der Waals surface area contributed by atoms with E-state index in [1.807, 2.05) is 13.8 Å². The summed E-state index contributed by atoms with van der Waals surface area (Å²) in [5.41, 5.74) is 2.24. The third-order valence-corrected chi connectivity index (χ3v) is 3.86. The summed E-state index contributed by atoms with van der Waals surface area (Å²) in [6.45, 7) is 3.92. The normalized spacial score (nSPS) is 15.7. The van der Waals surface area contributed by atoms with Gasteiger partial charge in [-0.1, -0.05) is 19.8 Å². The number of rotatable bonds is 0. The number of nitrogens with zero attached hydrogens (tertiary/aromatic N) is 2. The number of hydrogen-bond acceptors (Lipinski definition) is 3. The monoisotopic (exact) mass is 294 g/mol. The Morgan fingerprint density at radius 2 is 2.05 bits per heavy atom. The molecule has 0 atom stereocenters. The van der Waals surface area contributed by atoms with Gasteiger partial charge in [-0.25, -0.2) is 9.37 Å². The molecule has 1 aliphatic rings. The molecular formula is C18H15FN2O. The van der Waals surface area contributed by atoms with E-state index in [1.54, 1.807) is 12.1 Å². The van der Waals surface area contributed by atoms with E-state index < -0.39 is 5.82 Å². The highest BCUT2D eigenvalue weighted by atomic mass is 19.1. The largest absolute Gasteiger partial charge is 0.294 e. The van der Waals surface area contributed by atoms with Gasteiger partial charge in [0.1, 0.15) is 11.5 Å². The van der Waals surface area contributed by atoms with Gasteiger partial charge in [0.2, 0.25) is 0 Å². The molecule has 0 saturated carbocycles. The Morgan fingerprint density at radius 3 is 2.82 bits per heavy atom. The summed E-state index contributed by atoms with van der Waals surface area (Å²) < 4.78 is 13.1. The number of hydrogen-bond donors (Lipinski definition) is 0. The summed E-state index contributed by atoms with van der Waals surface area (Å²) in [4.78, 5) is 20.5. The van der Waals surface area contributed by atoms with Crippen molar-refractivity contribution in [3.63, 3.8) is 0 Å². The lowest BCUT2D eigenvalue weighted by atomic mass is 9.75. The Balaban J connectivity index is 1.91. The first-order valence-corrected chi connectivity index (χ1v) is 7.13. The number of Topliss-reactive ketones (excluding diaryl/α,β-unsaturated/α-hetero) is 1. The fraction of sp³-hybridized carbons (Fsp3) is 0.278. The zero-order valence-corrected chi connectivity index (χ0v) is 12.5. The van der Waals surface area contributed by atoms with Gasteiger partial charge in [0.15, 0.2) is 5.78 Å². The van der Waals surface area contributed by atoms with Crippen LogP contribution < -0.4 is 0 Å². The number of fused-ring (bicyclic) bond motifs is 1. The van der Waals surface area contributed by atoms with Crippen LogP contribution in [0.2, 0.25) is 0 Å². The topological polar surface area (TPSA) is 42.9 Å². The second-order valence-electron chi connectivity index (χ2n) is 6.05. The van der Waals surface area contributed by atoms with Crippen LogP contribution in [-0.2, 0) is 6.42 Å². The van der Waals surface area contributed by atoms with Crippen LogP contribution in [0.4, 0.5) is 4.39 Å². The number of aryl methyl sites for hydroxylation is 1. The predicted molar refractivity (Wildman–Crippen MR) is 80.8 cm³/mol. The molecule has 22 heavy (non-hydrogen) atoms. The van der Waals surface area contributed by atoms with E-state index in [0.717, 1.165) is 24.7 Å². The highest BCUT2D eigenvalue weighted by Crippen LogP contribution is 2.33. The molecule has 0 radical (unpaired) electrons. The highest BCUT2D eigenvalue weighted by molar-refractivity contribution is 6.01. The maximum Gasteiger partial charge on any atom is 0.170 e. The minimum absolute atomic E-state index is 0.134. The van der Waals surface area contributed by atoms with Gasteiger partial charge in [-0.3, -0.25) is 9.78 Å². The number of halogens is 1. The van der Waals surface area contributed by atoms with E-state index >= 15 is 0 Å². The van der Waals surface area contributed by atoms with Crippen molar-refractivity contribution in [2.75, 3.05) is 0 Å². The van der Waals surface area contributed by atoms with E-state index in [4.69, 9.17) is 0 Å². The molecule has 2 aromatic rings.